The van der Waals surface area contributed by atoms with Gasteiger partial charge in [0.05, 0.1) is 9.82 Å². The quantitative estimate of drug-likeness (QED) is 0.304. The summed E-state index contributed by atoms with van der Waals surface area (Å²) in [6.45, 7) is 0. The molecule has 0 aliphatic rings. The summed E-state index contributed by atoms with van der Waals surface area (Å²) < 4.78 is 1.21. The topological polar surface area (TPSA) is 149 Å². The van der Waals surface area contributed by atoms with Gasteiger partial charge in [0.15, 0.2) is 5.16 Å². The second kappa shape index (κ2) is 5.76. The Morgan fingerprint density at radius 1 is 1.48 bits per heavy atom. The first kappa shape index (κ1) is 14.7. The van der Waals surface area contributed by atoms with Gasteiger partial charge in [-0.2, -0.15) is 4.98 Å². The fraction of sp³-hybridized carbons (Fsp3) is 0.100. The SMILES string of the molecule is Cn1[nH]c(=O)c(=O)nc1Sc1cccc(NN)c1[N+](=O)[O-]. The number of benzene rings is 1. The Labute approximate surface area is 121 Å². The van der Waals surface area contributed by atoms with Gasteiger partial charge < -0.3 is 5.43 Å². The van der Waals surface area contributed by atoms with Crippen LogP contribution >= 0.6 is 11.8 Å². The Bertz CT molecular complexity index is 814. The molecule has 0 fully saturated rings. The molecule has 0 bridgehead atoms. The number of nitro benzene ring substituents is 1. The number of hydrogen-bond donors (Lipinski definition) is 3. The molecule has 0 unspecified atom stereocenters. The van der Waals surface area contributed by atoms with Crippen LogP contribution in [0.1, 0.15) is 0 Å². The number of hydrogen-bond acceptors (Lipinski definition) is 8. The number of nitrogens with two attached hydrogens (primary N) is 1. The lowest BCUT2D eigenvalue weighted by molar-refractivity contribution is -0.386. The molecule has 0 saturated carbocycles. The number of hydrazine groups is 1. The average Bonchev–Trinajstić information content (AvgIpc) is 2.44. The summed E-state index contributed by atoms with van der Waals surface area (Å²) in [5.74, 6) is 5.24. The Kier molecular flexibility index (Phi) is 4.05. The number of nitrogen functional groups attached to an aromatic ring is 1. The van der Waals surface area contributed by atoms with Crippen molar-refractivity contribution < 1.29 is 4.92 Å². The van der Waals surface area contributed by atoms with E-state index in [9.17, 15) is 19.7 Å². The number of H-pyrrole nitrogens is 1. The zero-order valence-corrected chi connectivity index (χ0v) is 11.5. The van der Waals surface area contributed by atoms with Gasteiger partial charge in [-0.05, 0) is 23.9 Å². The van der Waals surface area contributed by atoms with E-state index in [1.807, 2.05) is 0 Å². The van der Waals surface area contributed by atoms with E-state index < -0.39 is 16.0 Å². The molecule has 0 saturated heterocycles. The van der Waals surface area contributed by atoms with Crippen molar-refractivity contribution >= 4 is 23.1 Å². The van der Waals surface area contributed by atoms with Crippen molar-refractivity contribution in [2.24, 2.45) is 12.9 Å². The largest absolute Gasteiger partial charge is 0.339 e. The summed E-state index contributed by atoms with van der Waals surface area (Å²) in [7, 11) is 1.47. The fourth-order valence-corrected chi connectivity index (χ4v) is 2.50. The van der Waals surface area contributed by atoms with E-state index in [4.69, 9.17) is 5.84 Å². The first-order valence-electron chi connectivity index (χ1n) is 5.53. The van der Waals surface area contributed by atoms with Gasteiger partial charge in [-0.15, -0.1) is 0 Å². The molecule has 0 radical (unpaired) electrons. The zero-order chi connectivity index (χ0) is 15.6. The third-order valence-electron chi connectivity index (χ3n) is 2.49. The van der Waals surface area contributed by atoms with E-state index in [1.54, 1.807) is 6.07 Å². The van der Waals surface area contributed by atoms with E-state index in [1.165, 1.54) is 23.9 Å². The summed E-state index contributed by atoms with van der Waals surface area (Å²) in [5.41, 5.74) is 0.283. The van der Waals surface area contributed by atoms with E-state index in [2.05, 4.69) is 15.5 Å². The third-order valence-corrected chi connectivity index (χ3v) is 3.58. The number of aromatic nitrogens is 3. The standard InChI is InChI=1S/C10H10N6O4S/c1-15-10(12-8(17)9(18)14-15)21-6-4-2-3-5(13-11)7(6)16(19)20/h2-4,13H,11H2,1H3,(H,14,18). The minimum atomic E-state index is -0.966. The second-order valence-electron chi connectivity index (χ2n) is 3.86. The van der Waals surface area contributed by atoms with E-state index in [0.717, 1.165) is 11.8 Å². The Hall–Kier alpha value is -2.66. The van der Waals surface area contributed by atoms with Crippen LogP contribution in [0.4, 0.5) is 11.4 Å². The highest BCUT2D eigenvalue weighted by molar-refractivity contribution is 7.99. The summed E-state index contributed by atoms with van der Waals surface area (Å²) in [5, 5.41) is 13.5. The zero-order valence-electron chi connectivity index (χ0n) is 10.7. The molecule has 1 aromatic carbocycles. The smallest absolute Gasteiger partial charge is 0.318 e. The number of nitrogens with one attached hydrogen (secondary N) is 2. The molecule has 4 N–H and O–H groups in total. The van der Waals surface area contributed by atoms with Crippen molar-refractivity contribution in [2.75, 3.05) is 5.43 Å². The van der Waals surface area contributed by atoms with Crippen LogP contribution < -0.4 is 22.4 Å². The number of nitro groups is 1. The number of anilines is 1. The number of aryl methyl sites for hydroxylation is 1. The molecule has 2 aromatic rings. The average molecular weight is 310 g/mol. The molecule has 10 nitrogen and oxygen atoms in total. The minimum absolute atomic E-state index is 0.108. The fourth-order valence-electron chi connectivity index (χ4n) is 1.56. The van der Waals surface area contributed by atoms with E-state index >= 15 is 0 Å². The molecule has 1 aromatic heterocycles. The summed E-state index contributed by atoms with van der Waals surface area (Å²) in [4.78, 5) is 36.8. The monoisotopic (exact) mass is 310 g/mol. The van der Waals surface area contributed by atoms with Crippen LogP contribution in [0.25, 0.3) is 0 Å². The van der Waals surface area contributed by atoms with Gasteiger partial charge in [-0.3, -0.25) is 35.3 Å². The molecule has 0 spiro atoms. The van der Waals surface area contributed by atoms with Crippen LogP contribution in [0.3, 0.4) is 0 Å². The Morgan fingerprint density at radius 2 is 2.19 bits per heavy atom. The molecule has 110 valence electrons. The van der Waals surface area contributed by atoms with Crippen molar-refractivity contribution in [3.05, 3.63) is 49.0 Å². The third kappa shape index (κ3) is 2.93. The summed E-state index contributed by atoms with van der Waals surface area (Å²) in [6, 6.07) is 4.50. The lowest BCUT2D eigenvalue weighted by atomic mass is 10.3. The molecule has 21 heavy (non-hydrogen) atoms. The maximum absolute atomic E-state index is 11.3. The van der Waals surface area contributed by atoms with E-state index in [-0.39, 0.29) is 21.4 Å². The van der Waals surface area contributed by atoms with Gasteiger partial charge in [0, 0.05) is 7.05 Å². The Morgan fingerprint density at radius 3 is 2.81 bits per heavy atom. The molecular formula is C10H10N6O4S. The first-order chi connectivity index (χ1) is 9.93. The van der Waals surface area contributed by atoms with Crippen LogP contribution in [-0.2, 0) is 7.05 Å². The molecule has 0 atom stereocenters. The molecular weight excluding hydrogens is 300 g/mol. The second-order valence-corrected chi connectivity index (χ2v) is 4.86. The van der Waals surface area contributed by atoms with Gasteiger partial charge in [0.2, 0.25) is 0 Å². The van der Waals surface area contributed by atoms with Crippen LogP contribution in [-0.4, -0.2) is 19.7 Å². The van der Waals surface area contributed by atoms with E-state index in [0.29, 0.717) is 0 Å². The maximum Gasteiger partial charge on any atom is 0.339 e. The minimum Gasteiger partial charge on any atom is -0.318 e. The molecule has 1 heterocycles. The Balaban J connectivity index is 2.55. The highest BCUT2D eigenvalue weighted by Crippen LogP contribution is 2.37. The number of aromatic amines is 1. The molecule has 0 aliphatic carbocycles. The lowest BCUT2D eigenvalue weighted by Crippen LogP contribution is -2.33. The van der Waals surface area contributed by atoms with Crippen molar-refractivity contribution in [3.63, 3.8) is 0 Å². The molecule has 2 rings (SSSR count). The van der Waals surface area contributed by atoms with Gasteiger partial charge in [-0.1, -0.05) is 6.07 Å². The normalized spacial score (nSPS) is 10.4. The van der Waals surface area contributed by atoms with Crippen LogP contribution in [0.2, 0.25) is 0 Å². The van der Waals surface area contributed by atoms with Crippen LogP contribution in [0.15, 0.2) is 37.8 Å². The van der Waals surface area contributed by atoms with Gasteiger partial charge in [0.25, 0.3) is 0 Å². The van der Waals surface area contributed by atoms with Crippen LogP contribution in [0, 0.1) is 10.1 Å². The molecule has 0 amide bonds. The van der Waals surface area contributed by atoms with Crippen molar-refractivity contribution in [1.29, 1.82) is 0 Å². The molecule has 0 aliphatic heterocycles. The van der Waals surface area contributed by atoms with Gasteiger partial charge in [0.1, 0.15) is 5.69 Å². The number of rotatable bonds is 4. The summed E-state index contributed by atoms with van der Waals surface area (Å²) in [6.07, 6.45) is 0. The highest BCUT2D eigenvalue weighted by Gasteiger charge is 2.21. The number of para-hydroxylation sites is 1. The maximum atomic E-state index is 11.3. The number of nitrogens with zero attached hydrogens (tertiary/aromatic N) is 3. The van der Waals surface area contributed by atoms with Crippen LogP contribution in [0.5, 0.6) is 0 Å². The van der Waals surface area contributed by atoms with Crippen molar-refractivity contribution in [1.82, 2.24) is 14.8 Å². The first-order valence-corrected chi connectivity index (χ1v) is 6.35. The van der Waals surface area contributed by atoms with Gasteiger partial charge >= 0.3 is 16.8 Å². The van der Waals surface area contributed by atoms with Crippen molar-refractivity contribution in [2.45, 2.75) is 10.1 Å². The molecule has 11 heteroatoms. The van der Waals surface area contributed by atoms with Gasteiger partial charge in [-0.25, -0.2) is 0 Å². The summed E-state index contributed by atoms with van der Waals surface area (Å²) >= 11 is 0.866. The predicted molar refractivity (Wildman–Crippen MR) is 75.1 cm³/mol. The predicted octanol–water partition coefficient (Wildman–Crippen LogP) is -0.186. The lowest BCUT2D eigenvalue weighted by Gasteiger charge is -2.08. The highest BCUT2D eigenvalue weighted by atomic mass is 32.2. The van der Waals surface area contributed by atoms with Crippen molar-refractivity contribution in [3.8, 4) is 0 Å².